The molecule has 0 bridgehead atoms. The van der Waals surface area contributed by atoms with Crippen molar-refractivity contribution in [1.82, 2.24) is 10.2 Å². The van der Waals surface area contributed by atoms with Gasteiger partial charge in [0.25, 0.3) is 11.1 Å². The van der Waals surface area contributed by atoms with Crippen molar-refractivity contribution in [3.63, 3.8) is 0 Å². The Hall–Kier alpha value is -2.03. The number of methoxy groups -OCH3 is 1. The van der Waals surface area contributed by atoms with Crippen LogP contribution in [0, 0.1) is 0 Å². The van der Waals surface area contributed by atoms with E-state index in [9.17, 15) is 4.79 Å². The SMILES string of the molecule is COc1ccc(Cl)cc1-c1nnc(SCC(=O)Nc2ccccc2Br)o1. The second kappa shape index (κ2) is 8.57. The predicted molar refractivity (Wildman–Crippen MR) is 105 cm³/mol. The summed E-state index contributed by atoms with van der Waals surface area (Å²) in [6.07, 6.45) is 0. The average molecular weight is 455 g/mol. The molecule has 3 aromatic rings. The number of carbonyl (C=O) groups is 1. The Morgan fingerprint density at radius 2 is 2.12 bits per heavy atom. The maximum atomic E-state index is 12.1. The minimum atomic E-state index is -0.179. The molecule has 0 saturated heterocycles. The van der Waals surface area contributed by atoms with Gasteiger partial charge in [-0.05, 0) is 46.3 Å². The molecule has 2 aromatic carbocycles. The molecule has 6 nitrogen and oxygen atoms in total. The van der Waals surface area contributed by atoms with Crippen LogP contribution in [0.3, 0.4) is 0 Å². The second-order valence-electron chi connectivity index (χ2n) is 5.03. The average Bonchev–Trinajstić information content (AvgIpc) is 3.11. The Balaban J connectivity index is 1.65. The van der Waals surface area contributed by atoms with Crippen molar-refractivity contribution in [3.8, 4) is 17.2 Å². The standard InChI is InChI=1S/C17H13BrClN3O3S/c1-24-14-7-6-10(19)8-11(14)16-21-22-17(25-16)26-9-15(23)20-13-5-3-2-4-12(13)18/h2-8H,9H2,1H3,(H,20,23). The van der Waals surface area contributed by atoms with Crippen LogP contribution >= 0.6 is 39.3 Å². The smallest absolute Gasteiger partial charge is 0.277 e. The van der Waals surface area contributed by atoms with Crippen molar-refractivity contribution < 1.29 is 13.9 Å². The summed E-state index contributed by atoms with van der Waals surface area (Å²) in [5, 5.41) is 11.6. The van der Waals surface area contributed by atoms with Gasteiger partial charge >= 0.3 is 0 Å². The van der Waals surface area contributed by atoms with Gasteiger partial charge in [0, 0.05) is 9.50 Å². The monoisotopic (exact) mass is 453 g/mol. The summed E-state index contributed by atoms with van der Waals surface area (Å²) in [6.45, 7) is 0. The Bertz CT molecular complexity index is 935. The number of rotatable bonds is 6. The summed E-state index contributed by atoms with van der Waals surface area (Å²) < 4.78 is 11.7. The Kier molecular flexibility index (Phi) is 6.18. The van der Waals surface area contributed by atoms with E-state index in [0.29, 0.717) is 22.0 Å². The summed E-state index contributed by atoms with van der Waals surface area (Å²) in [5.41, 5.74) is 1.30. The molecule has 1 heterocycles. The van der Waals surface area contributed by atoms with Gasteiger partial charge in [-0.3, -0.25) is 4.79 Å². The van der Waals surface area contributed by atoms with Gasteiger partial charge in [-0.25, -0.2) is 0 Å². The van der Waals surface area contributed by atoms with Gasteiger partial charge in [-0.15, -0.1) is 10.2 Å². The fraction of sp³-hybridized carbons (Fsp3) is 0.118. The molecular weight excluding hydrogens is 442 g/mol. The summed E-state index contributed by atoms with van der Waals surface area (Å²) in [5.74, 6) is 0.802. The highest BCUT2D eigenvalue weighted by Gasteiger charge is 2.15. The lowest BCUT2D eigenvalue weighted by atomic mass is 10.2. The van der Waals surface area contributed by atoms with Crippen LogP contribution in [0.1, 0.15) is 0 Å². The fourth-order valence-corrected chi connectivity index (χ4v) is 3.22. The number of anilines is 1. The third kappa shape index (κ3) is 4.57. The molecule has 0 spiro atoms. The van der Waals surface area contributed by atoms with Crippen LogP contribution in [0.5, 0.6) is 5.75 Å². The number of nitrogens with zero attached hydrogens (tertiary/aromatic N) is 2. The molecule has 1 aromatic heterocycles. The Morgan fingerprint density at radius 1 is 1.31 bits per heavy atom. The molecule has 0 atom stereocenters. The summed E-state index contributed by atoms with van der Waals surface area (Å²) in [6, 6.07) is 12.5. The molecule has 9 heteroatoms. The van der Waals surface area contributed by atoms with Gasteiger partial charge in [0.15, 0.2) is 0 Å². The molecule has 0 unspecified atom stereocenters. The number of aromatic nitrogens is 2. The second-order valence-corrected chi connectivity index (χ2v) is 7.25. The lowest BCUT2D eigenvalue weighted by Gasteiger charge is -2.06. The van der Waals surface area contributed by atoms with Crippen molar-refractivity contribution in [3.05, 3.63) is 52.0 Å². The third-order valence-corrected chi connectivity index (χ3v) is 5.02. The molecular formula is C17H13BrClN3O3S. The molecule has 1 N–H and O–H groups in total. The highest BCUT2D eigenvalue weighted by molar-refractivity contribution is 9.10. The van der Waals surface area contributed by atoms with Crippen molar-refractivity contribution >= 4 is 50.9 Å². The number of nitrogens with one attached hydrogen (secondary N) is 1. The summed E-state index contributed by atoms with van der Waals surface area (Å²) in [7, 11) is 1.55. The van der Waals surface area contributed by atoms with Gasteiger partial charge in [0.2, 0.25) is 5.91 Å². The third-order valence-electron chi connectivity index (χ3n) is 3.27. The van der Waals surface area contributed by atoms with Crippen LogP contribution in [0.25, 0.3) is 11.5 Å². The number of thioether (sulfide) groups is 1. The molecule has 3 rings (SSSR count). The molecule has 0 aliphatic carbocycles. The number of benzene rings is 2. The zero-order valence-electron chi connectivity index (χ0n) is 13.5. The summed E-state index contributed by atoms with van der Waals surface area (Å²) >= 11 is 10.5. The van der Waals surface area contributed by atoms with Crippen molar-refractivity contribution in [2.75, 3.05) is 18.2 Å². The normalized spacial score (nSPS) is 10.6. The molecule has 1 amide bonds. The van der Waals surface area contributed by atoms with Crippen LogP contribution < -0.4 is 10.1 Å². The lowest BCUT2D eigenvalue weighted by Crippen LogP contribution is -2.14. The highest BCUT2D eigenvalue weighted by atomic mass is 79.9. The van der Waals surface area contributed by atoms with Crippen molar-refractivity contribution in [1.29, 1.82) is 0 Å². The van der Waals surface area contributed by atoms with Crippen LogP contribution in [0.15, 0.2) is 56.6 Å². The lowest BCUT2D eigenvalue weighted by molar-refractivity contribution is -0.113. The minimum absolute atomic E-state index is 0.135. The zero-order valence-corrected chi connectivity index (χ0v) is 16.7. The predicted octanol–water partition coefficient (Wildman–Crippen LogP) is 4.89. The molecule has 0 aliphatic rings. The largest absolute Gasteiger partial charge is 0.496 e. The topological polar surface area (TPSA) is 77.2 Å². The van der Waals surface area contributed by atoms with Crippen molar-refractivity contribution in [2.24, 2.45) is 0 Å². The number of hydrogen-bond donors (Lipinski definition) is 1. The molecule has 0 radical (unpaired) electrons. The van der Waals surface area contributed by atoms with E-state index in [0.717, 1.165) is 16.2 Å². The van der Waals surface area contributed by atoms with Crippen LogP contribution in [0.2, 0.25) is 5.02 Å². The molecule has 0 fully saturated rings. The molecule has 134 valence electrons. The fourth-order valence-electron chi connectivity index (χ4n) is 2.10. The van der Waals surface area contributed by atoms with Gasteiger partial charge in [-0.2, -0.15) is 0 Å². The first-order valence-corrected chi connectivity index (χ1v) is 9.57. The first-order valence-electron chi connectivity index (χ1n) is 7.41. The van der Waals surface area contributed by atoms with E-state index in [1.165, 1.54) is 0 Å². The van der Waals surface area contributed by atoms with E-state index in [4.69, 9.17) is 20.8 Å². The number of para-hydroxylation sites is 1. The van der Waals surface area contributed by atoms with Gasteiger partial charge in [0.1, 0.15) is 5.75 Å². The molecule has 26 heavy (non-hydrogen) atoms. The number of carbonyl (C=O) groups excluding carboxylic acids is 1. The van der Waals surface area contributed by atoms with E-state index in [1.54, 1.807) is 25.3 Å². The van der Waals surface area contributed by atoms with E-state index in [-0.39, 0.29) is 22.8 Å². The first-order chi connectivity index (χ1) is 12.6. The Labute approximate surface area is 167 Å². The zero-order chi connectivity index (χ0) is 18.5. The molecule has 0 saturated carbocycles. The van der Waals surface area contributed by atoms with Crippen LogP contribution in [0.4, 0.5) is 5.69 Å². The van der Waals surface area contributed by atoms with E-state index in [2.05, 4.69) is 31.4 Å². The van der Waals surface area contributed by atoms with E-state index < -0.39 is 0 Å². The van der Waals surface area contributed by atoms with E-state index >= 15 is 0 Å². The van der Waals surface area contributed by atoms with E-state index in [1.807, 2.05) is 24.3 Å². The summed E-state index contributed by atoms with van der Waals surface area (Å²) in [4.78, 5) is 12.1. The van der Waals surface area contributed by atoms with Crippen LogP contribution in [-0.4, -0.2) is 29.0 Å². The maximum absolute atomic E-state index is 12.1. The van der Waals surface area contributed by atoms with Crippen LogP contribution in [-0.2, 0) is 4.79 Å². The maximum Gasteiger partial charge on any atom is 0.277 e. The number of halogens is 2. The minimum Gasteiger partial charge on any atom is -0.496 e. The Morgan fingerprint density at radius 3 is 2.88 bits per heavy atom. The number of amides is 1. The quantitative estimate of drug-likeness (QED) is 0.534. The number of ether oxygens (including phenoxy) is 1. The van der Waals surface area contributed by atoms with Crippen molar-refractivity contribution in [2.45, 2.75) is 5.22 Å². The number of hydrogen-bond acceptors (Lipinski definition) is 6. The van der Waals surface area contributed by atoms with Gasteiger partial charge in [-0.1, -0.05) is 35.5 Å². The highest BCUT2D eigenvalue weighted by Crippen LogP contribution is 2.33. The first kappa shape index (κ1) is 18.8. The van der Waals surface area contributed by atoms with Gasteiger partial charge in [0.05, 0.1) is 24.1 Å². The van der Waals surface area contributed by atoms with Gasteiger partial charge < -0.3 is 14.5 Å². The molecule has 0 aliphatic heterocycles.